The molecule has 294 valence electrons. The van der Waals surface area contributed by atoms with Crippen molar-refractivity contribution in [3.05, 3.63) is 206 Å². The molecule has 13 rings (SSSR count). The first-order valence-corrected chi connectivity index (χ1v) is 21.9. The van der Waals surface area contributed by atoms with Crippen LogP contribution in [0.4, 0.5) is 0 Å². The number of para-hydroxylation sites is 2. The van der Waals surface area contributed by atoms with E-state index >= 15 is 0 Å². The van der Waals surface area contributed by atoms with Crippen LogP contribution in [0.3, 0.4) is 0 Å². The van der Waals surface area contributed by atoms with E-state index in [2.05, 4.69) is 179 Å². The van der Waals surface area contributed by atoms with E-state index in [1.807, 2.05) is 36.5 Å². The highest BCUT2D eigenvalue weighted by atomic mass is 32.1. The number of rotatable bonds is 6. The van der Waals surface area contributed by atoms with Gasteiger partial charge in [0.05, 0.1) is 37.2 Å². The highest BCUT2D eigenvalue weighted by Gasteiger charge is 2.19. The second-order valence-electron chi connectivity index (χ2n) is 15.9. The van der Waals surface area contributed by atoms with Crippen LogP contribution in [0.25, 0.3) is 121 Å². The smallest absolute Gasteiger partial charge is 0.162 e. The largest absolute Gasteiger partial charge is 0.294 e. The number of thiophene rings is 1. The van der Waals surface area contributed by atoms with Crippen molar-refractivity contribution in [3.63, 3.8) is 0 Å². The fraction of sp³-hybridized carbons (Fsp3) is 0. The van der Waals surface area contributed by atoms with E-state index in [1.54, 1.807) is 11.3 Å². The third kappa shape index (κ3) is 5.78. The Morgan fingerprint density at radius 1 is 0.333 bits per heavy atom. The number of fused-ring (bicyclic) bond motifs is 9. The van der Waals surface area contributed by atoms with Crippen LogP contribution in [0.5, 0.6) is 0 Å². The molecule has 0 spiro atoms. The molecule has 7 heteroatoms. The second kappa shape index (κ2) is 14.2. The fourth-order valence-corrected chi connectivity index (χ4v) is 10.3. The summed E-state index contributed by atoms with van der Waals surface area (Å²) in [6.07, 6.45) is 1.85. The molecule has 0 radical (unpaired) electrons. The lowest BCUT2D eigenvalue weighted by Crippen LogP contribution is -2.02. The van der Waals surface area contributed by atoms with Crippen LogP contribution >= 0.6 is 11.3 Å². The molecule has 6 nitrogen and oxygen atoms in total. The van der Waals surface area contributed by atoms with Crippen LogP contribution in [0.2, 0.25) is 0 Å². The second-order valence-corrected chi connectivity index (χ2v) is 17.0. The molecule has 0 unspecified atom stereocenters. The predicted molar refractivity (Wildman–Crippen MR) is 261 cm³/mol. The minimum Gasteiger partial charge on any atom is -0.294 e. The van der Waals surface area contributed by atoms with Gasteiger partial charge >= 0.3 is 0 Å². The van der Waals surface area contributed by atoms with Crippen LogP contribution in [0, 0.1) is 0 Å². The summed E-state index contributed by atoms with van der Waals surface area (Å²) < 4.78 is 6.86. The number of hydrogen-bond donors (Lipinski definition) is 0. The Kier molecular flexibility index (Phi) is 7.98. The van der Waals surface area contributed by atoms with Gasteiger partial charge in [-0.2, -0.15) is 0 Å². The minimum atomic E-state index is 0.692. The Labute approximate surface area is 365 Å². The molecule has 63 heavy (non-hydrogen) atoms. The SMILES string of the molecule is c1ccc(-c2cc(-n3c4ccccc4c4cc(-c5cccc(-c6ccc7c(c6)c6ccccc6n7-c6ccc7sc8cccnc8c7n6)c5)ccc43)nc(-c3ccccc3)n2)cc1. The average molecular weight is 823 g/mol. The number of nitrogens with zero attached hydrogens (tertiary/aromatic N) is 6. The number of hydrogen-bond acceptors (Lipinski definition) is 5. The summed E-state index contributed by atoms with van der Waals surface area (Å²) >= 11 is 1.73. The van der Waals surface area contributed by atoms with Crippen LogP contribution in [-0.4, -0.2) is 29.1 Å². The lowest BCUT2D eigenvalue weighted by atomic mass is 9.97. The summed E-state index contributed by atoms with van der Waals surface area (Å²) in [7, 11) is 0. The van der Waals surface area contributed by atoms with Crippen molar-refractivity contribution in [3.8, 4) is 56.5 Å². The van der Waals surface area contributed by atoms with Crippen molar-refractivity contribution in [1.82, 2.24) is 29.1 Å². The summed E-state index contributed by atoms with van der Waals surface area (Å²) in [5, 5.41) is 4.72. The molecular weight excluding hydrogens is 789 g/mol. The van der Waals surface area contributed by atoms with Crippen LogP contribution in [0.1, 0.15) is 0 Å². The topological polar surface area (TPSA) is 61.4 Å². The standard InChI is InChI=1S/C56H34N6S/c1-3-13-35(14-4-1)45-34-53(60-56(58-45)36-15-5-2-6-16-36)62-47-22-10-8-20-42(47)44-33-40(25-27-49(44)62)38-18-11-17-37(31-38)39-24-26-48-43(32-39)41-19-7-9-21-46(41)61(48)52-29-28-51-55(59-52)54-50(63-51)23-12-30-57-54/h1-34H. The Morgan fingerprint density at radius 2 is 0.889 bits per heavy atom. The van der Waals surface area contributed by atoms with Crippen molar-refractivity contribution in [2.24, 2.45) is 0 Å². The van der Waals surface area contributed by atoms with Gasteiger partial charge in [0, 0.05) is 44.9 Å². The van der Waals surface area contributed by atoms with Gasteiger partial charge in [0.15, 0.2) is 5.82 Å². The zero-order valence-electron chi connectivity index (χ0n) is 33.7. The molecule has 7 aromatic carbocycles. The maximum atomic E-state index is 5.23. The van der Waals surface area contributed by atoms with Crippen LogP contribution < -0.4 is 0 Å². The molecule has 0 fully saturated rings. The predicted octanol–water partition coefficient (Wildman–Crippen LogP) is 14.5. The number of aromatic nitrogens is 6. The highest BCUT2D eigenvalue weighted by molar-refractivity contribution is 7.25. The van der Waals surface area contributed by atoms with Gasteiger partial charge in [-0.05, 0) is 89.0 Å². The molecular formula is C56H34N6S. The van der Waals surface area contributed by atoms with E-state index in [0.717, 1.165) is 93.2 Å². The summed E-state index contributed by atoms with van der Waals surface area (Å²) in [5.74, 6) is 2.41. The number of benzene rings is 7. The molecule has 0 bridgehead atoms. The first-order chi connectivity index (χ1) is 31.2. The van der Waals surface area contributed by atoms with Crippen molar-refractivity contribution in [1.29, 1.82) is 0 Å². The Bertz CT molecular complexity index is 3860. The van der Waals surface area contributed by atoms with Gasteiger partial charge in [0.2, 0.25) is 0 Å². The third-order valence-corrected chi connectivity index (χ3v) is 13.3. The maximum absolute atomic E-state index is 5.23. The van der Waals surface area contributed by atoms with Gasteiger partial charge in [0.25, 0.3) is 0 Å². The first-order valence-electron chi connectivity index (χ1n) is 21.0. The maximum Gasteiger partial charge on any atom is 0.162 e. The van der Waals surface area contributed by atoms with Gasteiger partial charge in [0.1, 0.15) is 22.7 Å². The Hall–Kier alpha value is -8.26. The molecule has 0 aliphatic rings. The monoisotopic (exact) mass is 822 g/mol. The zero-order valence-corrected chi connectivity index (χ0v) is 34.5. The van der Waals surface area contributed by atoms with Gasteiger partial charge in [-0.15, -0.1) is 11.3 Å². The molecule has 0 amide bonds. The van der Waals surface area contributed by atoms with Crippen molar-refractivity contribution in [2.75, 3.05) is 0 Å². The lowest BCUT2D eigenvalue weighted by molar-refractivity contribution is 1.05. The third-order valence-electron chi connectivity index (χ3n) is 12.2. The molecule has 0 N–H and O–H groups in total. The van der Waals surface area contributed by atoms with E-state index < -0.39 is 0 Å². The summed E-state index contributed by atoms with van der Waals surface area (Å²) in [6, 6.07) is 70.9. The minimum absolute atomic E-state index is 0.692. The Morgan fingerprint density at radius 3 is 1.57 bits per heavy atom. The molecule has 0 aliphatic heterocycles. The summed E-state index contributed by atoms with van der Waals surface area (Å²) in [5.41, 5.74) is 13.9. The summed E-state index contributed by atoms with van der Waals surface area (Å²) in [6.45, 7) is 0. The van der Waals surface area contributed by atoms with Gasteiger partial charge in [-0.3, -0.25) is 14.1 Å². The molecule has 0 atom stereocenters. The van der Waals surface area contributed by atoms with E-state index in [4.69, 9.17) is 19.9 Å². The lowest BCUT2D eigenvalue weighted by Gasteiger charge is -2.12. The molecule has 13 aromatic rings. The van der Waals surface area contributed by atoms with Gasteiger partial charge in [-0.25, -0.2) is 15.0 Å². The fourth-order valence-electron chi connectivity index (χ4n) is 9.28. The van der Waals surface area contributed by atoms with Crippen LogP contribution in [-0.2, 0) is 0 Å². The van der Waals surface area contributed by atoms with Crippen molar-refractivity contribution < 1.29 is 0 Å². The zero-order chi connectivity index (χ0) is 41.4. The van der Waals surface area contributed by atoms with Gasteiger partial charge < -0.3 is 0 Å². The molecule has 0 saturated carbocycles. The summed E-state index contributed by atoms with van der Waals surface area (Å²) in [4.78, 5) is 20.2. The van der Waals surface area contributed by atoms with E-state index in [0.29, 0.717) is 5.82 Å². The normalized spacial score (nSPS) is 11.8. The quantitative estimate of drug-likeness (QED) is 0.168. The van der Waals surface area contributed by atoms with E-state index in [-0.39, 0.29) is 0 Å². The van der Waals surface area contributed by atoms with E-state index in [1.165, 1.54) is 21.5 Å². The van der Waals surface area contributed by atoms with Crippen molar-refractivity contribution >= 4 is 75.4 Å². The van der Waals surface area contributed by atoms with E-state index in [9.17, 15) is 0 Å². The molecule has 0 aliphatic carbocycles. The highest BCUT2D eigenvalue weighted by Crippen LogP contribution is 2.39. The average Bonchev–Trinajstić information content (AvgIpc) is 4.01. The van der Waals surface area contributed by atoms with Crippen LogP contribution in [0.15, 0.2) is 206 Å². The van der Waals surface area contributed by atoms with Gasteiger partial charge in [-0.1, -0.05) is 127 Å². The first kappa shape index (κ1) is 35.5. The molecule has 6 aromatic heterocycles. The van der Waals surface area contributed by atoms with Crippen molar-refractivity contribution in [2.45, 2.75) is 0 Å². The molecule has 0 saturated heterocycles. The number of pyridine rings is 2. The molecule has 6 heterocycles. The Balaban J connectivity index is 0.920.